The van der Waals surface area contributed by atoms with Gasteiger partial charge in [0.05, 0.1) is 19.8 Å². The second-order valence-corrected chi connectivity index (χ2v) is 9.23. The molecule has 2 aromatic carbocycles. The molecule has 0 spiro atoms. The zero-order chi connectivity index (χ0) is 17.3. The van der Waals surface area contributed by atoms with Crippen LogP contribution in [0.25, 0.3) is 0 Å². The first-order valence-corrected chi connectivity index (χ1v) is 10.2. The Morgan fingerprint density at radius 3 is 1.74 bits per heavy atom. The second-order valence-electron chi connectivity index (χ2n) is 4.75. The quantitative estimate of drug-likeness (QED) is 0.790. The summed E-state index contributed by atoms with van der Waals surface area (Å²) in [5.74, 6) is 0. The van der Waals surface area contributed by atoms with Crippen LogP contribution < -0.4 is 0 Å². The van der Waals surface area contributed by atoms with Crippen LogP contribution in [0.5, 0.6) is 0 Å². The van der Waals surface area contributed by atoms with Crippen LogP contribution in [0.15, 0.2) is 63.1 Å². The zero-order valence-electron chi connectivity index (χ0n) is 11.9. The molecule has 0 saturated carbocycles. The first-order valence-electron chi connectivity index (χ1n) is 6.32. The molecule has 0 aliphatic heterocycles. The van der Waals surface area contributed by atoms with Crippen LogP contribution in [0.2, 0.25) is 10.0 Å². The Labute approximate surface area is 145 Å². The molecule has 4 nitrogen and oxygen atoms in total. The Morgan fingerprint density at radius 1 is 0.739 bits per heavy atom. The van der Waals surface area contributed by atoms with E-state index in [1.54, 1.807) is 12.1 Å². The Bertz CT molecular complexity index is 961. The van der Waals surface area contributed by atoms with Crippen LogP contribution in [0.3, 0.4) is 0 Å². The van der Waals surface area contributed by atoms with Crippen LogP contribution in [0, 0.1) is 6.92 Å². The van der Waals surface area contributed by atoms with Gasteiger partial charge in [-0.05, 0) is 37.3 Å². The molecule has 0 unspecified atom stereocenters. The van der Waals surface area contributed by atoms with E-state index in [9.17, 15) is 16.8 Å². The first kappa shape index (κ1) is 18.0. The molecule has 0 fully saturated rings. The number of benzene rings is 2. The Balaban J connectivity index is 2.37. The highest BCUT2D eigenvalue weighted by Gasteiger charge is 2.16. The van der Waals surface area contributed by atoms with E-state index in [-0.39, 0.29) is 19.8 Å². The lowest BCUT2D eigenvalue weighted by Gasteiger charge is -2.02. The van der Waals surface area contributed by atoms with Gasteiger partial charge in [-0.15, -0.1) is 0 Å². The van der Waals surface area contributed by atoms with E-state index in [4.69, 9.17) is 23.2 Å². The van der Waals surface area contributed by atoms with Crippen molar-refractivity contribution in [1.82, 2.24) is 0 Å². The van der Waals surface area contributed by atoms with Crippen molar-refractivity contribution in [3.8, 4) is 0 Å². The third kappa shape index (κ3) is 4.35. The molecule has 0 aliphatic rings. The second kappa shape index (κ2) is 6.65. The number of rotatable bonds is 4. The molecular formula is C15H12Cl2O4S2. The summed E-state index contributed by atoms with van der Waals surface area (Å²) in [7, 11) is -7.81. The van der Waals surface area contributed by atoms with Crippen molar-refractivity contribution in [2.75, 3.05) is 0 Å². The fraction of sp³-hybridized carbons (Fsp3) is 0.0667. The van der Waals surface area contributed by atoms with E-state index in [1.807, 2.05) is 6.92 Å². The van der Waals surface area contributed by atoms with Gasteiger partial charge in [0.2, 0.25) is 19.7 Å². The van der Waals surface area contributed by atoms with E-state index < -0.39 is 19.7 Å². The summed E-state index contributed by atoms with van der Waals surface area (Å²) in [4.78, 5) is -0.119. The topological polar surface area (TPSA) is 68.3 Å². The van der Waals surface area contributed by atoms with Crippen LogP contribution in [0.4, 0.5) is 0 Å². The van der Waals surface area contributed by atoms with Crippen molar-refractivity contribution in [2.24, 2.45) is 0 Å². The highest BCUT2D eigenvalue weighted by molar-refractivity contribution is 7.97. The van der Waals surface area contributed by atoms with E-state index >= 15 is 0 Å². The molecule has 2 rings (SSSR count). The minimum absolute atomic E-state index is 0.0173. The fourth-order valence-electron chi connectivity index (χ4n) is 1.69. The molecule has 0 amide bonds. The molecule has 0 radical (unpaired) electrons. The van der Waals surface area contributed by atoms with E-state index in [1.165, 1.54) is 30.3 Å². The minimum atomic E-state index is -3.95. The van der Waals surface area contributed by atoms with Crippen molar-refractivity contribution < 1.29 is 16.8 Å². The largest absolute Gasteiger partial charge is 0.219 e. The Kier molecular flexibility index (Phi) is 5.20. The molecule has 23 heavy (non-hydrogen) atoms. The van der Waals surface area contributed by atoms with Gasteiger partial charge in [0.25, 0.3) is 0 Å². The van der Waals surface area contributed by atoms with Crippen LogP contribution in [-0.2, 0) is 19.7 Å². The predicted molar refractivity (Wildman–Crippen MR) is 91.2 cm³/mol. The molecule has 0 bridgehead atoms. The Hall–Kier alpha value is -1.34. The van der Waals surface area contributed by atoms with Crippen molar-refractivity contribution in [3.05, 3.63) is 68.9 Å². The van der Waals surface area contributed by atoms with E-state index in [2.05, 4.69) is 0 Å². The molecule has 0 saturated heterocycles. The summed E-state index contributed by atoms with van der Waals surface area (Å²) >= 11 is 11.5. The highest BCUT2D eigenvalue weighted by Crippen LogP contribution is 2.26. The van der Waals surface area contributed by atoms with Gasteiger partial charge >= 0.3 is 0 Å². The van der Waals surface area contributed by atoms with Crippen LogP contribution in [-0.4, -0.2) is 16.8 Å². The maximum Gasteiger partial charge on any atom is 0.200 e. The van der Waals surface area contributed by atoms with Gasteiger partial charge in [-0.25, -0.2) is 16.8 Å². The normalized spacial score (nSPS) is 12.7. The van der Waals surface area contributed by atoms with Gasteiger partial charge in [-0.2, -0.15) is 0 Å². The zero-order valence-corrected chi connectivity index (χ0v) is 15.0. The molecule has 0 aliphatic carbocycles. The lowest BCUT2D eigenvalue weighted by atomic mass is 10.2. The predicted octanol–water partition coefficient (Wildman–Crippen LogP) is 4.02. The van der Waals surface area contributed by atoms with Crippen molar-refractivity contribution >= 4 is 42.9 Å². The average molecular weight is 391 g/mol. The fourth-order valence-corrected chi connectivity index (χ4v) is 4.59. The first-order chi connectivity index (χ1) is 10.6. The average Bonchev–Trinajstić information content (AvgIpc) is 2.48. The van der Waals surface area contributed by atoms with Gasteiger partial charge in [-0.1, -0.05) is 40.9 Å². The van der Waals surface area contributed by atoms with Gasteiger partial charge in [0.1, 0.15) is 0 Å². The lowest BCUT2D eigenvalue weighted by molar-refractivity contribution is 0.600. The standard InChI is InChI=1S/C15H12Cl2O4S2/c1-11-2-4-12(5-3-11)22(18,19)8-9-23(20,21)13-6-7-14(16)15(17)10-13/h2-10H,1H3/b9-8+. The highest BCUT2D eigenvalue weighted by atomic mass is 35.5. The molecular weight excluding hydrogens is 379 g/mol. The third-order valence-electron chi connectivity index (χ3n) is 2.98. The molecule has 0 aromatic heterocycles. The van der Waals surface area contributed by atoms with Gasteiger partial charge in [0, 0.05) is 10.8 Å². The lowest BCUT2D eigenvalue weighted by Crippen LogP contribution is -2.00. The molecule has 2 aromatic rings. The maximum atomic E-state index is 12.2. The number of sulfone groups is 2. The minimum Gasteiger partial charge on any atom is -0.219 e. The number of aryl methyl sites for hydroxylation is 1. The molecule has 0 heterocycles. The van der Waals surface area contributed by atoms with Crippen LogP contribution in [0.1, 0.15) is 5.56 Å². The van der Waals surface area contributed by atoms with E-state index in [0.29, 0.717) is 10.8 Å². The van der Waals surface area contributed by atoms with Gasteiger partial charge < -0.3 is 0 Å². The molecule has 122 valence electrons. The van der Waals surface area contributed by atoms with E-state index in [0.717, 1.165) is 5.56 Å². The van der Waals surface area contributed by atoms with Crippen molar-refractivity contribution in [1.29, 1.82) is 0 Å². The van der Waals surface area contributed by atoms with Crippen molar-refractivity contribution in [3.63, 3.8) is 0 Å². The molecule has 8 heteroatoms. The summed E-state index contributed by atoms with van der Waals surface area (Å²) in [6.45, 7) is 1.82. The monoisotopic (exact) mass is 390 g/mol. The number of halogens is 2. The smallest absolute Gasteiger partial charge is 0.200 e. The SMILES string of the molecule is Cc1ccc(S(=O)(=O)/C=C/S(=O)(=O)c2ccc(Cl)c(Cl)c2)cc1. The summed E-state index contributed by atoms with van der Waals surface area (Å²) in [5, 5.41) is 1.58. The third-order valence-corrected chi connectivity index (χ3v) is 6.72. The number of hydrogen-bond acceptors (Lipinski definition) is 4. The number of hydrogen-bond donors (Lipinski definition) is 0. The van der Waals surface area contributed by atoms with Crippen molar-refractivity contribution in [2.45, 2.75) is 16.7 Å². The Morgan fingerprint density at radius 2 is 1.22 bits per heavy atom. The van der Waals surface area contributed by atoms with Crippen LogP contribution >= 0.6 is 23.2 Å². The van der Waals surface area contributed by atoms with Gasteiger partial charge in [-0.3, -0.25) is 0 Å². The summed E-state index contributed by atoms with van der Waals surface area (Å²) in [6.07, 6.45) is 0. The summed E-state index contributed by atoms with van der Waals surface area (Å²) < 4.78 is 48.6. The maximum absolute atomic E-state index is 12.2. The molecule has 0 N–H and O–H groups in total. The molecule has 0 atom stereocenters. The summed E-state index contributed by atoms with van der Waals surface area (Å²) in [5.41, 5.74) is 0.899. The summed E-state index contributed by atoms with van der Waals surface area (Å²) in [6, 6.07) is 9.86. The van der Waals surface area contributed by atoms with Gasteiger partial charge in [0.15, 0.2) is 0 Å².